The highest BCUT2D eigenvalue weighted by molar-refractivity contribution is 7.18. The monoisotopic (exact) mass is 345 g/mol. The molecule has 0 unspecified atom stereocenters. The molecule has 0 N–H and O–H groups in total. The molecule has 2 heteroatoms. The number of thiophene rings is 1. The molecule has 2 bridgehead atoms. The van der Waals surface area contributed by atoms with Gasteiger partial charge in [0.25, 0.3) is 0 Å². The Balaban J connectivity index is 1.53. The SMILES string of the molecule is C[C@@H]1c2nc(-c3ccc(-c4ccccc4)s3)ccc2[C@@H]2C[C@H]1C2(C)C. The van der Waals surface area contributed by atoms with Crippen molar-refractivity contribution >= 4 is 11.3 Å². The van der Waals surface area contributed by atoms with Crippen molar-refractivity contribution in [3.8, 4) is 21.0 Å². The van der Waals surface area contributed by atoms with Crippen LogP contribution < -0.4 is 0 Å². The van der Waals surface area contributed by atoms with Crippen LogP contribution in [0.15, 0.2) is 54.6 Å². The zero-order valence-corrected chi connectivity index (χ0v) is 15.8. The van der Waals surface area contributed by atoms with Gasteiger partial charge in [-0.25, -0.2) is 0 Å². The summed E-state index contributed by atoms with van der Waals surface area (Å²) in [5, 5.41) is 0. The quantitative estimate of drug-likeness (QED) is 0.502. The molecule has 3 atom stereocenters. The number of hydrogen-bond donors (Lipinski definition) is 0. The van der Waals surface area contributed by atoms with E-state index in [2.05, 4.69) is 75.4 Å². The van der Waals surface area contributed by atoms with Crippen molar-refractivity contribution in [3.05, 3.63) is 65.9 Å². The molecule has 3 aromatic rings. The molecule has 1 aromatic carbocycles. The first-order chi connectivity index (χ1) is 12.1. The Bertz CT molecular complexity index is 938. The van der Waals surface area contributed by atoms with Gasteiger partial charge in [-0.15, -0.1) is 11.3 Å². The van der Waals surface area contributed by atoms with Crippen LogP contribution in [0.1, 0.15) is 50.3 Å². The third-order valence-corrected chi connectivity index (χ3v) is 7.78. The Morgan fingerprint density at radius 1 is 0.960 bits per heavy atom. The lowest BCUT2D eigenvalue weighted by molar-refractivity contribution is -0.00270. The maximum Gasteiger partial charge on any atom is 0.0805 e. The molecule has 2 aromatic heterocycles. The second-order valence-corrected chi connectivity index (χ2v) is 9.29. The lowest BCUT2D eigenvalue weighted by Crippen LogP contribution is -2.50. The zero-order chi connectivity index (χ0) is 17.2. The van der Waals surface area contributed by atoms with Crippen LogP contribution in [0.2, 0.25) is 0 Å². The molecule has 0 radical (unpaired) electrons. The van der Waals surface area contributed by atoms with Gasteiger partial charge < -0.3 is 0 Å². The molecule has 0 amide bonds. The standard InChI is InChI=1S/C23H23NS/c1-14-17-13-18(23(17,2)3)16-9-10-19(24-22(14)16)21-12-11-20(25-21)15-7-5-4-6-8-15/h4-12,14,17-18H,13H2,1-3H3/t14-,17+,18-/m0/s1. The molecule has 3 aliphatic rings. The number of pyridine rings is 1. The third-order valence-electron chi connectivity index (χ3n) is 6.63. The summed E-state index contributed by atoms with van der Waals surface area (Å²) in [6.07, 6.45) is 1.35. The molecule has 0 aliphatic heterocycles. The van der Waals surface area contributed by atoms with E-state index in [1.165, 1.54) is 33.0 Å². The predicted molar refractivity (Wildman–Crippen MR) is 106 cm³/mol. The van der Waals surface area contributed by atoms with Gasteiger partial charge in [-0.3, -0.25) is 4.98 Å². The van der Waals surface area contributed by atoms with E-state index in [1.807, 2.05) is 11.3 Å². The van der Waals surface area contributed by atoms with E-state index in [4.69, 9.17) is 4.98 Å². The van der Waals surface area contributed by atoms with Gasteiger partial charge in [-0.2, -0.15) is 0 Å². The summed E-state index contributed by atoms with van der Waals surface area (Å²) >= 11 is 1.84. The fraction of sp³-hybridized carbons (Fsp3) is 0.348. The van der Waals surface area contributed by atoms with Crippen molar-refractivity contribution in [2.75, 3.05) is 0 Å². The van der Waals surface area contributed by atoms with Crippen LogP contribution in [0, 0.1) is 11.3 Å². The predicted octanol–water partition coefficient (Wildman–Crippen LogP) is 6.72. The summed E-state index contributed by atoms with van der Waals surface area (Å²) in [5.41, 5.74) is 5.72. The van der Waals surface area contributed by atoms with E-state index in [0.717, 1.165) is 11.6 Å². The van der Waals surface area contributed by atoms with Crippen LogP contribution in [-0.4, -0.2) is 4.98 Å². The number of rotatable bonds is 2. The van der Waals surface area contributed by atoms with Crippen molar-refractivity contribution in [1.29, 1.82) is 0 Å². The lowest BCUT2D eigenvalue weighted by Gasteiger charge is -2.59. The molecule has 0 saturated heterocycles. The Morgan fingerprint density at radius 2 is 1.72 bits per heavy atom. The highest BCUT2D eigenvalue weighted by atomic mass is 32.1. The summed E-state index contributed by atoms with van der Waals surface area (Å²) in [5.74, 6) is 2.06. The summed E-state index contributed by atoms with van der Waals surface area (Å²) < 4.78 is 0. The molecule has 1 fully saturated rings. The molecule has 3 aliphatic carbocycles. The van der Waals surface area contributed by atoms with E-state index in [-0.39, 0.29) is 0 Å². The number of nitrogens with zero attached hydrogens (tertiary/aromatic N) is 1. The van der Waals surface area contributed by atoms with E-state index >= 15 is 0 Å². The van der Waals surface area contributed by atoms with Crippen LogP contribution in [0.3, 0.4) is 0 Å². The average Bonchev–Trinajstić information content (AvgIpc) is 3.12. The molecule has 0 spiro atoms. The largest absolute Gasteiger partial charge is 0.251 e. The second kappa shape index (κ2) is 5.28. The number of aromatic nitrogens is 1. The van der Waals surface area contributed by atoms with Crippen molar-refractivity contribution in [3.63, 3.8) is 0 Å². The molecule has 6 rings (SSSR count). The topological polar surface area (TPSA) is 12.9 Å². The van der Waals surface area contributed by atoms with Crippen LogP contribution in [0.25, 0.3) is 21.0 Å². The van der Waals surface area contributed by atoms with E-state index in [9.17, 15) is 0 Å². The fourth-order valence-electron chi connectivity index (χ4n) is 5.04. The smallest absolute Gasteiger partial charge is 0.0805 e. The van der Waals surface area contributed by atoms with Crippen LogP contribution >= 0.6 is 11.3 Å². The van der Waals surface area contributed by atoms with Crippen molar-refractivity contribution < 1.29 is 0 Å². The Hall–Kier alpha value is -1.93. The van der Waals surface area contributed by atoms with Gasteiger partial charge in [0.05, 0.1) is 10.6 Å². The lowest BCUT2D eigenvalue weighted by atomic mass is 9.45. The molecular weight excluding hydrogens is 322 g/mol. The normalized spacial score (nSPS) is 26.0. The van der Waals surface area contributed by atoms with Crippen LogP contribution in [0.4, 0.5) is 0 Å². The van der Waals surface area contributed by atoms with Crippen LogP contribution in [-0.2, 0) is 0 Å². The van der Waals surface area contributed by atoms with E-state index < -0.39 is 0 Å². The van der Waals surface area contributed by atoms with Crippen molar-refractivity contribution in [2.24, 2.45) is 11.3 Å². The summed E-state index contributed by atoms with van der Waals surface area (Å²) in [4.78, 5) is 7.71. The maximum absolute atomic E-state index is 5.13. The van der Waals surface area contributed by atoms with Gasteiger partial charge in [0.15, 0.2) is 0 Å². The van der Waals surface area contributed by atoms with Gasteiger partial charge in [0, 0.05) is 16.5 Å². The highest BCUT2D eigenvalue weighted by Gasteiger charge is 2.56. The molecule has 2 heterocycles. The fourth-order valence-corrected chi connectivity index (χ4v) is 6.02. The first-order valence-corrected chi connectivity index (χ1v) is 10.0. The van der Waals surface area contributed by atoms with Crippen molar-refractivity contribution in [1.82, 2.24) is 4.98 Å². The minimum atomic E-state index is 0.443. The average molecular weight is 346 g/mol. The molecule has 25 heavy (non-hydrogen) atoms. The number of hydrogen-bond acceptors (Lipinski definition) is 2. The molecule has 126 valence electrons. The first kappa shape index (κ1) is 15.3. The minimum absolute atomic E-state index is 0.443. The van der Waals surface area contributed by atoms with Gasteiger partial charge in [-0.05, 0) is 53.0 Å². The maximum atomic E-state index is 5.13. The Morgan fingerprint density at radius 3 is 2.48 bits per heavy atom. The van der Waals surface area contributed by atoms with E-state index in [1.54, 1.807) is 0 Å². The molecule has 1 saturated carbocycles. The third kappa shape index (κ3) is 2.17. The van der Waals surface area contributed by atoms with Crippen molar-refractivity contribution in [2.45, 2.75) is 39.0 Å². The Kier molecular flexibility index (Phi) is 3.24. The highest BCUT2D eigenvalue weighted by Crippen LogP contribution is 2.66. The summed E-state index contributed by atoms with van der Waals surface area (Å²) in [7, 11) is 0. The Labute approximate surface area is 153 Å². The molecular formula is C23H23NS. The van der Waals surface area contributed by atoms with Gasteiger partial charge in [0.2, 0.25) is 0 Å². The van der Waals surface area contributed by atoms with Gasteiger partial charge in [0.1, 0.15) is 0 Å². The molecule has 1 nitrogen and oxygen atoms in total. The summed E-state index contributed by atoms with van der Waals surface area (Å²) in [6, 6.07) is 19.7. The van der Waals surface area contributed by atoms with Crippen LogP contribution in [0.5, 0.6) is 0 Å². The zero-order valence-electron chi connectivity index (χ0n) is 15.0. The minimum Gasteiger partial charge on any atom is -0.251 e. The second-order valence-electron chi connectivity index (χ2n) is 8.21. The number of benzene rings is 1. The first-order valence-electron chi connectivity index (χ1n) is 9.22. The van der Waals surface area contributed by atoms with E-state index in [0.29, 0.717) is 17.3 Å². The van der Waals surface area contributed by atoms with Gasteiger partial charge >= 0.3 is 0 Å². The summed E-state index contributed by atoms with van der Waals surface area (Å²) in [6.45, 7) is 7.25. The van der Waals surface area contributed by atoms with Gasteiger partial charge in [-0.1, -0.05) is 57.2 Å².